The Morgan fingerprint density at radius 1 is 1.47 bits per heavy atom. The molecule has 19 heavy (non-hydrogen) atoms. The first-order valence-electron chi connectivity index (χ1n) is 5.97. The van der Waals surface area contributed by atoms with E-state index in [0.29, 0.717) is 22.9 Å². The van der Waals surface area contributed by atoms with Crippen LogP contribution in [0.15, 0.2) is 24.3 Å². The first-order chi connectivity index (χ1) is 8.99. The standard InChI is InChI=1S/C14H18ClNO3/c1-16(2)8-3-9-19-13-6-5-12(15)10-11(13)4-7-14(17)18/h4-7,10H,3,8-9H2,1-2H3,(H,17,18). The Morgan fingerprint density at radius 3 is 2.84 bits per heavy atom. The second-order valence-corrected chi connectivity index (χ2v) is 4.80. The van der Waals surface area contributed by atoms with Crippen molar-refractivity contribution in [2.24, 2.45) is 0 Å². The minimum absolute atomic E-state index is 0.547. The first-order valence-corrected chi connectivity index (χ1v) is 6.35. The average molecular weight is 284 g/mol. The summed E-state index contributed by atoms with van der Waals surface area (Å²) in [5.74, 6) is -0.362. The molecule has 0 aliphatic heterocycles. The van der Waals surface area contributed by atoms with E-state index >= 15 is 0 Å². The predicted octanol–water partition coefficient (Wildman–Crippen LogP) is 2.77. The molecule has 0 heterocycles. The highest BCUT2D eigenvalue weighted by Gasteiger charge is 2.03. The number of carboxylic acid groups (broad SMARTS) is 1. The number of hydrogen-bond donors (Lipinski definition) is 1. The third-order valence-corrected chi connectivity index (χ3v) is 2.62. The van der Waals surface area contributed by atoms with Crippen LogP contribution in [-0.4, -0.2) is 43.2 Å². The van der Waals surface area contributed by atoms with Crippen molar-refractivity contribution >= 4 is 23.6 Å². The monoisotopic (exact) mass is 283 g/mol. The van der Waals surface area contributed by atoms with Crippen LogP contribution < -0.4 is 4.74 Å². The van der Waals surface area contributed by atoms with E-state index in [0.717, 1.165) is 19.0 Å². The third kappa shape index (κ3) is 6.27. The van der Waals surface area contributed by atoms with Gasteiger partial charge in [-0.25, -0.2) is 4.79 Å². The molecule has 0 aromatic heterocycles. The smallest absolute Gasteiger partial charge is 0.328 e. The molecule has 0 fully saturated rings. The van der Waals surface area contributed by atoms with Gasteiger partial charge in [0.15, 0.2) is 0 Å². The summed E-state index contributed by atoms with van der Waals surface area (Å²) in [6, 6.07) is 5.16. The maximum Gasteiger partial charge on any atom is 0.328 e. The summed E-state index contributed by atoms with van der Waals surface area (Å²) in [4.78, 5) is 12.6. The van der Waals surface area contributed by atoms with E-state index in [1.807, 2.05) is 14.1 Å². The zero-order valence-electron chi connectivity index (χ0n) is 11.1. The van der Waals surface area contributed by atoms with Crippen LogP contribution in [0.25, 0.3) is 6.08 Å². The molecule has 1 aromatic carbocycles. The van der Waals surface area contributed by atoms with Gasteiger partial charge in [0.2, 0.25) is 0 Å². The molecular weight excluding hydrogens is 266 g/mol. The SMILES string of the molecule is CN(C)CCCOc1ccc(Cl)cc1C=CC(=O)O. The van der Waals surface area contributed by atoms with Crippen LogP contribution in [0.5, 0.6) is 5.75 Å². The van der Waals surface area contributed by atoms with Gasteiger partial charge in [-0.3, -0.25) is 0 Å². The lowest BCUT2D eigenvalue weighted by atomic mass is 10.2. The second kappa shape index (κ2) is 7.81. The summed E-state index contributed by atoms with van der Waals surface area (Å²) in [5, 5.41) is 9.19. The van der Waals surface area contributed by atoms with E-state index in [2.05, 4.69) is 4.90 Å². The number of aliphatic carboxylic acids is 1. The fourth-order valence-electron chi connectivity index (χ4n) is 1.50. The van der Waals surface area contributed by atoms with Crippen LogP contribution in [0.2, 0.25) is 5.02 Å². The summed E-state index contributed by atoms with van der Waals surface area (Å²) >= 11 is 5.89. The number of rotatable bonds is 7. The van der Waals surface area contributed by atoms with Gasteiger partial charge >= 0.3 is 5.97 Å². The number of benzene rings is 1. The zero-order chi connectivity index (χ0) is 14.3. The van der Waals surface area contributed by atoms with Gasteiger partial charge in [0.1, 0.15) is 5.75 Å². The Labute approximate surface area is 118 Å². The highest BCUT2D eigenvalue weighted by atomic mass is 35.5. The first kappa shape index (κ1) is 15.5. The minimum Gasteiger partial charge on any atom is -0.493 e. The van der Waals surface area contributed by atoms with Crippen molar-refractivity contribution in [3.63, 3.8) is 0 Å². The van der Waals surface area contributed by atoms with Crippen LogP contribution >= 0.6 is 11.6 Å². The predicted molar refractivity (Wildman–Crippen MR) is 76.8 cm³/mol. The maximum atomic E-state index is 10.5. The largest absolute Gasteiger partial charge is 0.493 e. The molecule has 0 atom stereocenters. The molecule has 0 radical (unpaired) electrons. The Balaban J connectivity index is 2.68. The van der Waals surface area contributed by atoms with E-state index in [4.69, 9.17) is 21.4 Å². The van der Waals surface area contributed by atoms with Crippen molar-refractivity contribution in [3.05, 3.63) is 34.9 Å². The van der Waals surface area contributed by atoms with Crippen LogP contribution in [0.1, 0.15) is 12.0 Å². The Bertz CT molecular complexity index is 458. The molecule has 0 aliphatic carbocycles. The van der Waals surface area contributed by atoms with Gasteiger partial charge < -0.3 is 14.7 Å². The van der Waals surface area contributed by atoms with Gasteiger partial charge in [-0.1, -0.05) is 11.6 Å². The second-order valence-electron chi connectivity index (χ2n) is 4.36. The molecule has 0 saturated carbocycles. The van der Waals surface area contributed by atoms with E-state index < -0.39 is 5.97 Å². The quantitative estimate of drug-likeness (QED) is 0.617. The number of ether oxygens (including phenoxy) is 1. The molecule has 0 saturated heterocycles. The Hall–Kier alpha value is -1.52. The summed E-state index contributed by atoms with van der Waals surface area (Å²) < 4.78 is 5.65. The summed E-state index contributed by atoms with van der Waals surface area (Å²) in [5.41, 5.74) is 0.666. The summed E-state index contributed by atoms with van der Waals surface area (Å²) in [6.07, 6.45) is 3.45. The highest BCUT2D eigenvalue weighted by Crippen LogP contribution is 2.24. The molecule has 0 aliphatic rings. The van der Waals surface area contributed by atoms with Crippen LogP contribution in [0.4, 0.5) is 0 Å². The van der Waals surface area contributed by atoms with Crippen LogP contribution in [-0.2, 0) is 4.79 Å². The molecule has 1 N–H and O–H groups in total. The minimum atomic E-state index is -1.00. The molecule has 0 bridgehead atoms. The van der Waals surface area contributed by atoms with Gasteiger partial charge in [0.05, 0.1) is 6.61 Å². The fourth-order valence-corrected chi connectivity index (χ4v) is 1.69. The highest BCUT2D eigenvalue weighted by molar-refractivity contribution is 6.30. The molecule has 0 spiro atoms. The van der Waals surface area contributed by atoms with Crippen LogP contribution in [0.3, 0.4) is 0 Å². The molecule has 1 aromatic rings. The van der Waals surface area contributed by atoms with Gasteiger partial charge in [-0.2, -0.15) is 0 Å². The lowest BCUT2D eigenvalue weighted by molar-refractivity contribution is -0.131. The summed E-state index contributed by atoms with van der Waals surface area (Å²) in [6.45, 7) is 1.52. The zero-order valence-corrected chi connectivity index (χ0v) is 11.9. The van der Waals surface area contributed by atoms with Crippen molar-refractivity contribution in [1.29, 1.82) is 0 Å². The lowest BCUT2D eigenvalue weighted by Gasteiger charge is -2.12. The van der Waals surface area contributed by atoms with Crippen molar-refractivity contribution < 1.29 is 14.6 Å². The molecule has 5 heteroatoms. The van der Waals surface area contributed by atoms with Crippen LogP contribution in [0, 0.1) is 0 Å². The number of nitrogens with zero attached hydrogens (tertiary/aromatic N) is 1. The molecule has 0 amide bonds. The lowest BCUT2D eigenvalue weighted by Crippen LogP contribution is -2.15. The van der Waals surface area contributed by atoms with E-state index in [1.54, 1.807) is 18.2 Å². The molecule has 104 valence electrons. The van der Waals surface area contributed by atoms with Crippen molar-refractivity contribution in [2.45, 2.75) is 6.42 Å². The van der Waals surface area contributed by atoms with Crippen molar-refractivity contribution in [3.8, 4) is 5.75 Å². The molecular formula is C14H18ClNO3. The molecule has 0 unspecified atom stereocenters. The van der Waals surface area contributed by atoms with Crippen molar-refractivity contribution in [2.75, 3.05) is 27.2 Å². The van der Waals surface area contributed by atoms with Gasteiger partial charge in [-0.05, 0) is 44.8 Å². The average Bonchev–Trinajstić information content (AvgIpc) is 2.33. The van der Waals surface area contributed by atoms with Gasteiger partial charge in [0, 0.05) is 23.2 Å². The number of carbonyl (C=O) groups is 1. The third-order valence-electron chi connectivity index (χ3n) is 2.38. The molecule has 1 rings (SSSR count). The van der Waals surface area contributed by atoms with E-state index in [-0.39, 0.29) is 0 Å². The maximum absolute atomic E-state index is 10.5. The number of halogens is 1. The normalized spacial score (nSPS) is 11.2. The Morgan fingerprint density at radius 2 is 2.21 bits per heavy atom. The topological polar surface area (TPSA) is 49.8 Å². The Kier molecular flexibility index (Phi) is 6.39. The van der Waals surface area contributed by atoms with Crippen molar-refractivity contribution in [1.82, 2.24) is 4.90 Å². The van der Waals surface area contributed by atoms with Gasteiger partial charge in [-0.15, -0.1) is 0 Å². The number of hydrogen-bond acceptors (Lipinski definition) is 3. The summed E-state index contributed by atoms with van der Waals surface area (Å²) in [7, 11) is 4.01. The van der Waals surface area contributed by atoms with E-state index in [9.17, 15) is 4.79 Å². The fraction of sp³-hybridized carbons (Fsp3) is 0.357. The molecule has 4 nitrogen and oxygen atoms in total. The number of carboxylic acids is 1. The van der Waals surface area contributed by atoms with Gasteiger partial charge in [0.25, 0.3) is 0 Å². The van der Waals surface area contributed by atoms with E-state index in [1.165, 1.54) is 6.08 Å².